The molecular formula is C27H26N4O5S2. The summed E-state index contributed by atoms with van der Waals surface area (Å²) in [7, 11) is 0. The van der Waals surface area contributed by atoms with Gasteiger partial charge in [-0.2, -0.15) is 4.90 Å². The van der Waals surface area contributed by atoms with Crippen molar-refractivity contribution >= 4 is 52.5 Å². The number of amides is 5. The van der Waals surface area contributed by atoms with Crippen LogP contribution in [0.25, 0.3) is 0 Å². The highest BCUT2D eigenvalue weighted by Gasteiger charge is 2.57. The third-order valence-corrected chi connectivity index (χ3v) is 9.37. The SMILES string of the molecule is CC(C)(C)c1ccc([C@@H]2c3sc(=O)n(CC(=O)Nc4ccccc4)c3S[C@@H]3C(=O)N(C(N)=O)C(=O)[C@H]23)cc1. The fourth-order valence-electron chi connectivity index (χ4n) is 4.89. The number of imide groups is 3. The van der Waals surface area contributed by atoms with Gasteiger partial charge in [-0.3, -0.25) is 23.7 Å². The number of hydrogen-bond donors (Lipinski definition) is 2. The number of likely N-dealkylation sites (tertiary alicyclic amines) is 1. The van der Waals surface area contributed by atoms with E-state index in [1.54, 1.807) is 24.3 Å². The Morgan fingerprint density at radius 3 is 2.24 bits per heavy atom. The molecular weight excluding hydrogens is 524 g/mol. The van der Waals surface area contributed by atoms with E-state index in [0.29, 0.717) is 20.5 Å². The number of thioether (sulfide) groups is 1. The number of hydrogen-bond acceptors (Lipinski definition) is 7. The molecule has 0 aliphatic carbocycles. The van der Waals surface area contributed by atoms with Gasteiger partial charge in [-0.1, -0.05) is 86.3 Å². The van der Waals surface area contributed by atoms with Gasteiger partial charge in [0.1, 0.15) is 11.8 Å². The molecule has 2 aromatic carbocycles. The van der Waals surface area contributed by atoms with Gasteiger partial charge in [-0.15, -0.1) is 0 Å². The highest BCUT2D eigenvalue weighted by molar-refractivity contribution is 8.00. The topological polar surface area (TPSA) is 132 Å². The molecule has 0 radical (unpaired) electrons. The molecule has 3 aromatic rings. The van der Waals surface area contributed by atoms with Crippen LogP contribution in [0, 0.1) is 5.92 Å². The highest BCUT2D eigenvalue weighted by Crippen LogP contribution is 2.53. The summed E-state index contributed by atoms with van der Waals surface area (Å²) in [5.74, 6) is -3.34. The summed E-state index contributed by atoms with van der Waals surface area (Å²) in [5.41, 5.74) is 7.70. The molecule has 2 aliphatic rings. The second-order valence-corrected chi connectivity index (χ2v) is 12.4. The highest BCUT2D eigenvalue weighted by atomic mass is 32.2. The van der Waals surface area contributed by atoms with Crippen LogP contribution >= 0.6 is 23.1 Å². The Labute approximate surface area is 227 Å². The molecule has 11 heteroatoms. The number of rotatable bonds is 4. The van der Waals surface area contributed by atoms with E-state index in [1.165, 1.54) is 4.57 Å². The molecule has 38 heavy (non-hydrogen) atoms. The maximum atomic E-state index is 13.3. The molecule has 1 saturated heterocycles. The lowest BCUT2D eigenvalue weighted by atomic mass is 9.81. The first-order chi connectivity index (χ1) is 18.0. The molecule has 2 aliphatic heterocycles. The lowest BCUT2D eigenvalue weighted by Gasteiger charge is -2.31. The van der Waals surface area contributed by atoms with Crippen LogP contribution in [-0.2, 0) is 26.3 Å². The van der Waals surface area contributed by atoms with Gasteiger partial charge in [-0.25, -0.2) is 4.79 Å². The smallest absolute Gasteiger partial charge is 0.328 e. The summed E-state index contributed by atoms with van der Waals surface area (Å²) < 4.78 is 1.33. The van der Waals surface area contributed by atoms with Crippen LogP contribution in [0.5, 0.6) is 0 Å². The summed E-state index contributed by atoms with van der Waals surface area (Å²) >= 11 is 1.98. The average Bonchev–Trinajstić information content (AvgIpc) is 3.30. The van der Waals surface area contributed by atoms with Gasteiger partial charge in [0.05, 0.1) is 10.9 Å². The molecule has 0 bridgehead atoms. The van der Waals surface area contributed by atoms with Gasteiger partial charge in [0.25, 0.3) is 5.91 Å². The first-order valence-corrected chi connectivity index (χ1v) is 13.7. The molecule has 0 saturated carbocycles. The normalized spacial score (nSPS) is 20.7. The van der Waals surface area contributed by atoms with E-state index in [9.17, 15) is 24.0 Å². The van der Waals surface area contributed by atoms with E-state index in [-0.39, 0.29) is 16.8 Å². The van der Waals surface area contributed by atoms with Crippen LogP contribution in [0.4, 0.5) is 10.5 Å². The Morgan fingerprint density at radius 2 is 1.63 bits per heavy atom. The number of carbonyl (C=O) groups is 4. The zero-order chi connectivity index (χ0) is 27.4. The average molecular weight is 551 g/mol. The summed E-state index contributed by atoms with van der Waals surface area (Å²) in [5, 5.41) is 2.26. The first-order valence-electron chi connectivity index (χ1n) is 12.0. The van der Waals surface area contributed by atoms with Crippen molar-refractivity contribution in [1.29, 1.82) is 0 Å². The van der Waals surface area contributed by atoms with E-state index < -0.39 is 40.8 Å². The number of fused-ring (bicyclic) bond motifs is 2. The Hall–Kier alpha value is -3.70. The molecule has 196 valence electrons. The van der Waals surface area contributed by atoms with Crippen molar-refractivity contribution < 1.29 is 19.2 Å². The minimum Gasteiger partial charge on any atom is -0.351 e. The maximum absolute atomic E-state index is 13.3. The third-order valence-electron chi connectivity index (χ3n) is 6.76. The Morgan fingerprint density at radius 1 is 0.974 bits per heavy atom. The molecule has 3 atom stereocenters. The molecule has 1 fully saturated rings. The lowest BCUT2D eigenvalue weighted by molar-refractivity contribution is -0.135. The van der Waals surface area contributed by atoms with Crippen molar-refractivity contribution in [1.82, 2.24) is 9.47 Å². The zero-order valence-electron chi connectivity index (χ0n) is 21.0. The van der Waals surface area contributed by atoms with E-state index in [0.717, 1.165) is 34.2 Å². The number of para-hydroxylation sites is 1. The number of aromatic nitrogens is 1. The van der Waals surface area contributed by atoms with Crippen molar-refractivity contribution in [2.45, 2.75) is 48.9 Å². The van der Waals surface area contributed by atoms with Gasteiger partial charge in [-0.05, 0) is 28.7 Å². The Kier molecular flexibility index (Phi) is 6.52. The van der Waals surface area contributed by atoms with Crippen LogP contribution in [0.3, 0.4) is 0 Å². The number of thiazole rings is 1. The van der Waals surface area contributed by atoms with E-state index in [4.69, 9.17) is 5.73 Å². The fraction of sp³-hybridized carbons (Fsp3) is 0.296. The van der Waals surface area contributed by atoms with Gasteiger partial charge in [0.15, 0.2) is 0 Å². The second kappa shape index (κ2) is 9.55. The van der Waals surface area contributed by atoms with Gasteiger partial charge >= 0.3 is 10.9 Å². The molecule has 3 heterocycles. The minimum atomic E-state index is -1.13. The van der Waals surface area contributed by atoms with Gasteiger partial charge < -0.3 is 11.1 Å². The van der Waals surface area contributed by atoms with Crippen LogP contribution in [0.2, 0.25) is 0 Å². The number of nitrogens with one attached hydrogen (secondary N) is 1. The Balaban J connectivity index is 1.58. The van der Waals surface area contributed by atoms with Gasteiger partial charge in [0.2, 0.25) is 11.8 Å². The van der Waals surface area contributed by atoms with Crippen LogP contribution in [-0.4, -0.2) is 38.5 Å². The standard InChI is InChI=1S/C27H26N4O5S2/c1-27(2,3)15-11-9-14(10-12-15)18-19-20(23(34)31(22(19)33)25(28)35)37-24-21(18)38-26(36)30(24)13-17(32)29-16-7-5-4-6-8-16/h4-12,18-20H,13H2,1-3H3,(H2,28,35)(H,29,32)/t18-,19+,20-/m0/s1. The second-order valence-electron chi connectivity index (χ2n) is 10.3. The molecule has 3 N–H and O–H groups in total. The van der Waals surface area contributed by atoms with Crippen LogP contribution < -0.4 is 15.9 Å². The van der Waals surface area contributed by atoms with Crippen molar-refractivity contribution in [3.8, 4) is 0 Å². The predicted molar refractivity (Wildman–Crippen MR) is 145 cm³/mol. The number of anilines is 1. The molecule has 9 nitrogen and oxygen atoms in total. The van der Waals surface area contributed by atoms with Crippen molar-refractivity contribution in [2.75, 3.05) is 5.32 Å². The van der Waals surface area contributed by atoms with Gasteiger partial charge in [0, 0.05) is 16.5 Å². The van der Waals surface area contributed by atoms with Crippen LogP contribution in [0.15, 0.2) is 64.4 Å². The molecule has 5 amide bonds. The first kappa shape index (κ1) is 25.9. The van der Waals surface area contributed by atoms with E-state index in [1.807, 2.05) is 30.3 Å². The van der Waals surface area contributed by atoms with E-state index in [2.05, 4.69) is 26.1 Å². The number of nitrogens with two attached hydrogens (primary N) is 1. The number of urea groups is 1. The van der Waals surface area contributed by atoms with Crippen LogP contribution in [0.1, 0.15) is 42.7 Å². The lowest BCUT2D eigenvalue weighted by Crippen LogP contribution is -2.41. The Bertz CT molecular complexity index is 1500. The monoisotopic (exact) mass is 550 g/mol. The largest absolute Gasteiger partial charge is 0.351 e. The molecule has 0 unspecified atom stereocenters. The van der Waals surface area contributed by atoms with Crippen molar-refractivity contribution in [3.63, 3.8) is 0 Å². The number of nitrogens with zero attached hydrogens (tertiary/aromatic N) is 2. The summed E-state index contributed by atoms with van der Waals surface area (Å²) in [4.78, 5) is 65.2. The molecule has 0 spiro atoms. The number of carbonyl (C=O) groups excluding carboxylic acids is 4. The number of benzene rings is 2. The maximum Gasteiger partial charge on any atom is 0.328 e. The zero-order valence-corrected chi connectivity index (χ0v) is 22.6. The van der Waals surface area contributed by atoms with Crippen molar-refractivity contribution in [2.24, 2.45) is 11.7 Å². The summed E-state index contributed by atoms with van der Waals surface area (Å²) in [6.07, 6.45) is 0. The third kappa shape index (κ3) is 4.45. The summed E-state index contributed by atoms with van der Waals surface area (Å²) in [6.45, 7) is 6.00. The fourth-order valence-corrected chi connectivity index (χ4v) is 7.66. The van der Waals surface area contributed by atoms with Crippen molar-refractivity contribution in [3.05, 3.63) is 80.3 Å². The predicted octanol–water partition coefficient (Wildman–Crippen LogP) is 3.52. The summed E-state index contributed by atoms with van der Waals surface area (Å²) in [6, 6.07) is 15.5. The molecule has 1 aromatic heterocycles. The molecule has 5 rings (SSSR count). The minimum absolute atomic E-state index is 0.100. The van der Waals surface area contributed by atoms with E-state index >= 15 is 0 Å². The quantitative estimate of drug-likeness (QED) is 0.478. The number of primary amides is 1.